The van der Waals surface area contributed by atoms with E-state index in [0.717, 1.165) is 5.56 Å². The summed E-state index contributed by atoms with van der Waals surface area (Å²) >= 11 is 1.34. The fraction of sp³-hybridized carbons (Fsp3) is 0.250. The summed E-state index contributed by atoms with van der Waals surface area (Å²) in [5.74, 6) is 1.37. The molecule has 0 unspecified atom stereocenters. The van der Waals surface area contributed by atoms with E-state index in [1.807, 2.05) is 24.3 Å². The maximum Gasteiger partial charge on any atom is 0.325 e. The lowest BCUT2D eigenvalue weighted by Crippen LogP contribution is -2.27. The number of rotatable bonds is 7. The van der Waals surface area contributed by atoms with Gasteiger partial charge in [0.15, 0.2) is 5.16 Å². The van der Waals surface area contributed by atoms with E-state index in [4.69, 9.17) is 14.2 Å². The van der Waals surface area contributed by atoms with Crippen molar-refractivity contribution in [1.29, 1.82) is 0 Å². The second-order valence-corrected chi connectivity index (χ2v) is 6.79. The van der Waals surface area contributed by atoms with Crippen LogP contribution in [0.2, 0.25) is 0 Å². The molecule has 0 spiro atoms. The average molecular weight is 400 g/mol. The molecule has 0 bridgehead atoms. The minimum absolute atomic E-state index is 0.204. The van der Waals surface area contributed by atoms with Crippen LogP contribution < -0.4 is 15.0 Å². The minimum Gasteiger partial charge on any atom is -0.497 e. The number of hydrogen-bond acceptors (Lipinski definition) is 7. The molecule has 2 aromatic carbocycles. The minimum atomic E-state index is -0.514. The number of carbonyl (C=O) groups is 1. The molecular weight excluding hydrogens is 380 g/mol. The van der Waals surface area contributed by atoms with E-state index in [9.17, 15) is 9.59 Å². The Morgan fingerprint density at radius 3 is 2.61 bits per heavy atom. The van der Waals surface area contributed by atoms with Gasteiger partial charge in [0.2, 0.25) is 0 Å². The molecule has 3 aromatic rings. The highest BCUT2D eigenvalue weighted by molar-refractivity contribution is 7.98. The van der Waals surface area contributed by atoms with Gasteiger partial charge in [0, 0.05) is 11.3 Å². The molecule has 8 heteroatoms. The smallest absolute Gasteiger partial charge is 0.325 e. The number of benzene rings is 2. The molecule has 0 amide bonds. The zero-order chi connectivity index (χ0) is 20.1. The summed E-state index contributed by atoms with van der Waals surface area (Å²) in [5.41, 5.74) is 1.18. The Balaban J connectivity index is 2.01. The predicted octanol–water partition coefficient (Wildman–Crippen LogP) is 2.88. The number of ether oxygens (including phenoxy) is 3. The van der Waals surface area contributed by atoms with Crippen molar-refractivity contribution < 1.29 is 19.0 Å². The molecule has 0 saturated heterocycles. The van der Waals surface area contributed by atoms with E-state index in [1.165, 1.54) is 23.4 Å². The van der Waals surface area contributed by atoms with Crippen LogP contribution in [-0.4, -0.2) is 36.8 Å². The van der Waals surface area contributed by atoms with Crippen LogP contribution in [0.4, 0.5) is 0 Å². The Morgan fingerprint density at radius 1 is 1.11 bits per heavy atom. The van der Waals surface area contributed by atoms with Crippen LogP contribution >= 0.6 is 11.8 Å². The first-order valence-electron chi connectivity index (χ1n) is 8.47. The van der Waals surface area contributed by atoms with E-state index in [2.05, 4.69) is 4.98 Å². The highest BCUT2D eigenvalue weighted by Crippen LogP contribution is 2.30. The largest absolute Gasteiger partial charge is 0.497 e. The van der Waals surface area contributed by atoms with E-state index in [-0.39, 0.29) is 12.1 Å². The molecule has 0 fully saturated rings. The Hall–Kier alpha value is -3.00. The van der Waals surface area contributed by atoms with Gasteiger partial charge in [-0.3, -0.25) is 14.2 Å². The zero-order valence-corrected chi connectivity index (χ0v) is 16.6. The summed E-state index contributed by atoms with van der Waals surface area (Å²) in [4.78, 5) is 29.3. The highest BCUT2D eigenvalue weighted by atomic mass is 32.2. The van der Waals surface area contributed by atoms with Crippen molar-refractivity contribution in [2.75, 3.05) is 21.3 Å². The first kappa shape index (κ1) is 19.8. The van der Waals surface area contributed by atoms with E-state index >= 15 is 0 Å². The SMILES string of the molecule is COC(=O)Cn1c(SCc2cc(OC)ccc2OC)nc2ccccc2c1=O. The molecule has 0 aliphatic carbocycles. The quantitative estimate of drug-likeness (QED) is 0.343. The molecule has 0 radical (unpaired) electrons. The van der Waals surface area contributed by atoms with Crippen molar-refractivity contribution in [2.45, 2.75) is 17.5 Å². The fourth-order valence-electron chi connectivity index (χ4n) is 2.73. The topological polar surface area (TPSA) is 79.7 Å². The van der Waals surface area contributed by atoms with Gasteiger partial charge in [-0.1, -0.05) is 23.9 Å². The molecule has 0 aliphatic rings. The summed E-state index contributed by atoms with van der Waals surface area (Å²) in [6, 6.07) is 12.6. The average Bonchev–Trinajstić information content (AvgIpc) is 2.74. The van der Waals surface area contributed by atoms with Gasteiger partial charge in [0.25, 0.3) is 5.56 Å². The number of methoxy groups -OCH3 is 3. The number of fused-ring (bicyclic) bond motifs is 1. The number of esters is 1. The summed E-state index contributed by atoms with van der Waals surface area (Å²) in [7, 11) is 4.48. The van der Waals surface area contributed by atoms with Gasteiger partial charge in [-0.05, 0) is 30.3 Å². The van der Waals surface area contributed by atoms with Crippen LogP contribution in [0, 0.1) is 0 Å². The third-order valence-corrected chi connectivity index (χ3v) is 5.21. The number of para-hydroxylation sites is 1. The van der Waals surface area contributed by atoms with Gasteiger partial charge in [-0.2, -0.15) is 0 Å². The van der Waals surface area contributed by atoms with Crippen LogP contribution in [0.15, 0.2) is 52.4 Å². The lowest BCUT2D eigenvalue weighted by atomic mass is 10.2. The van der Waals surface area contributed by atoms with Crippen molar-refractivity contribution in [3.63, 3.8) is 0 Å². The lowest BCUT2D eigenvalue weighted by molar-refractivity contribution is -0.141. The molecule has 7 nitrogen and oxygen atoms in total. The van der Waals surface area contributed by atoms with Crippen molar-refractivity contribution in [3.05, 3.63) is 58.4 Å². The zero-order valence-electron chi connectivity index (χ0n) is 15.8. The second kappa shape index (κ2) is 8.79. The Morgan fingerprint density at radius 2 is 1.89 bits per heavy atom. The van der Waals surface area contributed by atoms with Crippen molar-refractivity contribution in [3.8, 4) is 11.5 Å². The van der Waals surface area contributed by atoms with Gasteiger partial charge in [-0.25, -0.2) is 4.98 Å². The molecular formula is C20H20N2O5S. The van der Waals surface area contributed by atoms with Crippen LogP contribution in [-0.2, 0) is 21.8 Å². The number of nitrogens with zero attached hydrogens (tertiary/aromatic N) is 2. The third kappa shape index (κ3) is 4.12. The van der Waals surface area contributed by atoms with Gasteiger partial charge < -0.3 is 14.2 Å². The Bertz CT molecular complexity index is 1060. The van der Waals surface area contributed by atoms with Gasteiger partial charge in [0.05, 0.1) is 32.2 Å². The van der Waals surface area contributed by atoms with Crippen LogP contribution in [0.5, 0.6) is 11.5 Å². The van der Waals surface area contributed by atoms with Crippen LogP contribution in [0.25, 0.3) is 10.9 Å². The highest BCUT2D eigenvalue weighted by Gasteiger charge is 2.16. The molecule has 0 aliphatic heterocycles. The van der Waals surface area contributed by atoms with E-state index in [0.29, 0.717) is 33.3 Å². The third-order valence-electron chi connectivity index (χ3n) is 4.19. The fourth-order valence-corrected chi connectivity index (χ4v) is 3.70. The molecule has 1 aromatic heterocycles. The summed E-state index contributed by atoms with van der Waals surface area (Å²) < 4.78 is 16.8. The number of aromatic nitrogens is 2. The molecule has 28 heavy (non-hydrogen) atoms. The molecule has 0 saturated carbocycles. The molecule has 3 rings (SSSR count). The van der Waals surface area contributed by atoms with Crippen molar-refractivity contribution in [1.82, 2.24) is 9.55 Å². The predicted molar refractivity (Wildman–Crippen MR) is 107 cm³/mol. The Kier molecular flexibility index (Phi) is 6.20. The maximum atomic E-state index is 12.9. The van der Waals surface area contributed by atoms with Gasteiger partial charge in [-0.15, -0.1) is 0 Å². The summed E-state index contributed by atoms with van der Waals surface area (Å²) in [6.45, 7) is -0.204. The number of carbonyl (C=O) groups excluding carboxylic acids is 1. The first-order chi connectivity index (χ1) is 13.6. The molecule has 0 N–H and O–H groups in total. The second-order valence-electron chi connectivity index (χ2n) is 5.85. The molecule has 146 valence electrons. The van der Waals surface area contributed by atoms with E-state index in [1.54, 1.807) is 32.4 Å². The van der Waals surface area contributed by atoms with Gasteiger partial charge in [0.1, 0.15) is 18.0 Å². The maximum absolute atomic E-state index is 12.9. The van der Waals surface area contributed by atoms with E-state index < -0.39 is 5.97 Å². The molecule has 0 atom stereocenters. The Labute approximate surface area is 166 Å². The lowest BCUT2D eigenvalue weighted by Gasteiger charge is -2.14. The monoisotopic (exact) mass is 400 g/mol. The standard InChI is InChI=1S/C20H20N2O5S/c1-25-14-8-9-17(26-2)13(10-14)12-28-20-21-16-7-5-4-6-15(16)19(24)22(20)11-18(23)27-3/h4-10H,11-12H2,1-3H3. The van der Waals surface area contributed by atoms with Gasteiger partial charge >= 0.3 is 5.97 Å². The summed E-state index contributed by atoms with van der Waals surface area (Å²) in [5, 5.41) is 0.883. The first-order valence-corrected chi connectivity index (χ1v) is 9.46. The van der Waals surface area contributed by atoms with Crippen molar-refractivity contribution in [2.24, 2.45) is 0 Å². The van der Waals surface area contributed by atoms with Crippen LogP contribution in [0.1, 0.15) is 5.56 Å². The van der Waals surface area contributed by atoms with Crippen LogP contribution in [0.3, 0.4) is 0 Å². The molecule has 1 heterocycles. The summed E-state index contributed by atoms with van der Waals surface area (Å²) in [6.07, 6.45) is 0. The van der Waals surface area contributed by atoms with Crippen molar-refractivity contribution >= 4 is 28.6 Å². The number of hydrogen-bond donors (Lipinski definition) is 0. The normalized spacial score (nSPS) is 10.7. The number of thioether (sulfide) groups is 1.